The summed E-state index contributed by atoms with van der Waals surface area (Å²) in [5, 5.41) is 21.2. The van der Waals surface area contributed by atoms with Crippen molar-refractivity contribution in [2.45, 2.75) is 25.8 Å². The molecule has 0 atom stereocenters. The standard InChI is InChI=1S/C15H20ClN5O3/c1-8(2)10-4-18-13(16)3-11(10)24-12-5-19-15(21-14(12)17)20-9(6-22)7-23/h3-5,8-9,22-23H,6-7H2,1-2H3,(H3,17,19,20,21). The molecule has 2 rings (SSSR count). The van der Waals surface area contributed by atoms with Crippen LogP contribution in [0.25, 0.3) is 0 Å². The lowest BCUT2D eigenvalue weighted by Gasteiger charge is -2.16. The maximum atomic E-state index is 9.06. The average molecular weight is 354 g/mol. The van der Waals surface area contributed by atoms with Crippen molar-refractivity contribution in [2.75, 3.05) is 24.3 Å². The van der Waals surface area contributed by atoms with Crippen molar-refractivity contribution < 1.29 is 14.9 Å². The lowest BCUT2D eigenvalue weighted by molar-refractivity contribution is 0.203. The Morgan fingerprint density at radius 2 is 1.92 bits per heavy atom. The number of halogens is 1. The van der Waals surface area contributed by atoms with Gasteiger partial charge in [-0.1, -0.05) is 25.4 Å². The van der Waals surface area contributed by atoms with E-state index in [4.69, 9.17) is 32.3 Å². The number of aromatic nitrogens is 3. The number of hydrogen-bond donors (Lipinski definition) is 4. The van der Waals surface area contributed by atoms with E-state index in [-0.39, 0.29) is 36.6 Å². The number of rotatable bonds is 7. The van der Waals surface area contributed by atoms with Gasteiger partial charge in [0.15, 0.2) is 11.6 Å². The fourth-order valence-corrected chi connectivity index (χ4v) is 2.08. The van der Waals surface area contributed by atoms with Crippen LogP contribution >= 0.6 is 11.6 Å². The predicted molar refractivity (Wildman–Crippen MR) is 91.4 cm³/mol. The van der Waals surface area contributed by atoms with Crippen LogP contribution in [-0.2, 0) is 0 Å². The molecule has 130 valence electrons. The van der Waals surface area contributed by atoms with Gasteiger partial charge < -0.3 is 26.0 Å². The first-order valence-electron chi connectivity index (χ1n) is 7.38. The zero-order chi connectivity index (χ0) is 17.7. The second kappa shape index (κ2) is 8.09. The molecule has 0 fully saturated rings. The quantitative estimate of drug-likeness (QED) is 0.555. The van der Waals surface area contributed by atoms with Crippen LogP contribution in [0.5, 0.6) is 11.5 Å². The van der Waals surface area contributed by atoms with E-state index < -0.39 is 6.04 Å². The van der Waals surface area contributed by atoms with Gasteiger partial charge in [0, 0.05) is 17.8 Å². The molecular formula is C15H20ClN5O3. The molecule has 0 spiro atoms. The molecule has 2 aromatic rings. The van der Waals surface area contributed by atoms with E-state index in [2.05, 4.69) is 20.3 Å². The molecule has 0 radical (unpaired) electrons. The third kappa shape index (κ3) is 4.44. The maximum absolute atomic E-state index is 9.06. The Kier molecular flexibility index (Phi) is 6.13. The van der Waals surface area contributed by atoms with Crippen LogP contribution in [0.1, 0.15) is 25.3 Å². The van der Waals surface area contributed by atoms with Crippen LogP contribution in [-0.4, -0.2) is 44.4 Å². The zero-order valence-corrected chi connectivity index (χ0v) is 14.2. The highest BCUT2D eigenvalue weighted by Gasteiger charge is 2.14. The summed E-state index contributed by atoms with van der Waals surface area (Å²) in [6, 6.07) is 1.04. The Balaban J connectivity index is 2.24. The Labute approximate surface area is 144 Å². The smallest absolute Gasteiger partial charge is 0.225 e. The molecule has 0 saturated heterocycles. The first kappa shape index (κ1) is 18.2. The van der Waals surface area contributed by atoms with Crippen LogP contribution in [0.2, 0.25) is 5.15 Å². The third-order valence-corrected chi connectivity index (χ3v) is 3.47. The van der Waals surface area contributed by atoms with E-state index in [0.717, 1.165) is 5.56 Å². The van der Waals surface area contributed by atoms with Gasteiger partial charge in [-0.25, -0.2) is 9.97 Å². The lowest BCUT2D eigenvalue weighted by Crippen LogP contribution is -2.28. The molecule has 24 heavy (non-hydrogen) atoms. The number of hydrogen-bond acceptors (Lipinski definition) is 8. The molecule has 0 aliphatic heterocycles. The van der Waals surface area contributed by atoms with Crippen molar-refractivity contribution in [2.24, 2.45) is 0 Å². The maximum Gasteiger partial charge on any atom is 0.225 e. The highest BCUT2D eigenvalue weighted by atomic mass is 35.5. The van der Waals surface area contributed by atoms with Crippen molar-refractivity contribution in [3.05, 3.63) is 29.2 Å². The fourth-order valence-electron chi connectivity index (χ4n) is 1.93. The summed E-state index contributed by atoms with van der Waals surface area (Å²) in [6.07, 6.45) is 3.07. The summed E-state index contributed by atoms with van der Waals surface area (Å²) in [6.45, 7) is 3.50. The molecular weight excluding hydrogens is 334 g/mol. The van der Waals surface area contributed by atoms with Crippen molar-refractivity contribution in [3.8, 4) is 11.5 Å². The van der Waals surface area contributed by atoms with Gasteiger partial charge in [-0.2, -0.15) is 4.98 Å². The van der Waals surface area contributed by atoms with Crippen molar-refractivity contribution in [1.82, 2.24) is 15.0 Å². The minimum atomic E-state index is -0.567. The van der Waals surface area contributed by atoms with Gasteiger partial charge in [-0.15, -0.1) is 0 Å². The van der Waals surface area contributed by atoms with Crippen molar-refractivity contribution >= 4 is 23.4 Å². The first-order chi connectivity index (χ1) is 11.4. The Bertz CT molecular complexity index is 695. The predicted octanol–water partition coefficient (Wildman–Crippen LogP) is 1.79. The molecule has 2 heterocycles. The number of aliphatic hydroxyl groups is 2. The largest absolute Gasteiger partial charge is 0.451 e. The Hall–Kier alpha value is -2.16. The van der Waals surface area contributed by atoms with Crippen molar-refractivity contribution in [3.63, 3.8) is 0 Å². The van der Waals surface area contributed by atoms with Gasteiger partial charge in [0.2, 0.25) is 5.95 Å². The van der Waals surface area contributed by atoms with Gasteiger partial charge in [0.25, 0.3) is 0 Å². The summed E-state index contributed by atoms with van der Waals surface area (Å²) in [4.78, 5) is 12.2. The minimum Gasteiger partial charge on any atom is -0.451 e. The van der Waals surface area contributed by atoms with Gasteiger partial charge in [0.1, 0.15) is 10.9 Å². The van der Waals surface area contributed by atoms with Gasteiger partial charge >= 0.3 is 0 Å². The molecule has 0 aliphatic rings. The topological polar surface area (TPSA) is 126 Å². The molecule has 0 unspecified atom stereocenters. The summed E-state index contributed by atoms with van der Waals surface area (Å²) in [5.41, 5.74) is 6.78. The van der Waals surface area contributed by atoms with E-state index in [1.165, 1.54) is 6.20 Å². The normalized spacial score (nSPS) is 11.1. The highest BCUT2D eigenvalue weighted by Crippen LogP contribution is 2.33. The van der Waals surface area contributed by atoms with Crippen LogP contribution in [0.15, 0.2) is 18.5 Å². The van der Waals surface area contributed by atoms with Gasteiger partial charge in [-0.05, 0) is 5.92 Å². The number of ether oxygens (including phenoxy) is 1. The molecule has 0 aliphatic carbocycles. The molecule has 5 N–H and O–H groups in total. The van der Waals surface area contributed by atoms with E-state index in [1.54, 1.807) is 12.3 Å². The number of nitrogens with one attached hydrogen (secondary N) is 1. The Morgan fingerprint density at radius 3 is 2.50 bits per heavy atom. The Morgan fingerprint density at radius 1 is 1.21 bits per heavy atom. The summed E-state index contributed by atoms with van der Waals surface area (Å²) >= 11 is 5.93. The highest BCUT2D eigenvalue weighted by molar-refractivity contribution is 6.29. The lowest BCUT2D eigenvalue weighted by atomic mass is 10.1. The number of pyridine rings is 1. The molecule has 9 heteroatoms. The molecule has 0 bridgehead atoms. The number of nitrogen functional groups attached to an aromatic ring is 1. The van der Waals surface area contributed by atoms with Crippen LogP contribution in [0.4, 0.5) is 11.8 Å². The van der Waals surface area contributed by atoms with E-state index >= 15 is 0 Å². The van der Waals surface area contributed by atoms with Crippen LogP contribution < -0.4 is 15.8 Å². The summed E-state index contributed by atoms with van der Waals surface area (Å²) in [7, 11) is 0. The second-order valence-corrected chi connectivity index (χ2v) is 5.84. The number of nitrogens with two attached hydrogens (primary N) is 1. The molecule has 2 aromatic heterocycles. The minimum absolute atomic E-state index is 0.116. The third-order valence-electron chi connectivity index (χ3n) is 3.26. The number of aliphatic hydroxyl groups excluding tert-OH is 2. The van der Waals surface area contributed by atoms with E-state index in [1.807, 2.05) is 13.8 Å². The zero-order valence-electron chi connectivity index (χ0n) is 13.4. The summed E-state index contributed by atoms with van der Waals surface area (Å²) in [5.74, 6) is 1.29. The number of anilines is 2. The molecule has 0 aromatic carbocycles. The van der Waals surface area contributed by atoms with Crippen LogP contribution in [0.3, 0.4) is 0 Å². The second-order valence-electron chi connectivity index (χ2n) is 5.45. The van der Waals surface area contributed by atoms with Crippen molar-refractivity contribution in [1.29, 1.82) is 0 Å². The SMILES string of the molecule is CC(C)c1cnc(Cl)cc1Oc1cnc(NC(CO)CO)nc1N. The molecule has 0 saturated carbocycles. The average Bonchev–Trinajstić information content (AvgIpc) is 2.54. The summed E-state index contributed by atoms with van der Waals surface area (Å²) < 4.78 is 5.79. The number of nitrogens with zero attached hydrogens (tertiary/aromatic N) is 3. The van der Waals surface area contributed by atoms with E-state index in [9.17, 15) is 0 Å². The van der Waals surface area contributed by atoms with Crippen LogP contribution in [0, 0.1) is 0 Å². The molecule has 0 amide bonds. The van der Waals surface area contributed by atoms with E-state index in [0.29, 0.717) is 10.9 Å². The monoisotopic (exact) mass is 353 g/mol. The van der Waals surface area contributed by atoms with Gasteiger partial charge in [-0.3, -0.25) is 0 Å². The van der Waals surface area contributed by atoms with Gasteiger partial charge in [0.05, 0.1) is 25.5 Å². The fraction of sp³-hybridized carbons (Fsp3) is 0.400. The first-order valence-corrected chi connectivity index (χ1v) is 7.76. The molecule has 8 nitrogen and oxygen atoms in total.